The number of nitriles is 1. The summed E-state index contributed by atoms with van der Waals surface area (Å²) in [5, 5.41) is 13.2. The number of hydrogen-bond acceptors (Lipinski definition) is 4. The predicted molar refractivity (Wildman–Crippen MR) is 92.8 cm³/mol. The molecular weight excluding hydrogens is 310 g/mol. The topological polar surface area (TPSA) is 73.2 Å². The number of nitrogens with one attached hydrogen (secondary N) is 1. The Kier molecular flexibility index (Phi) is 7.63. The first kappa shape index (κ1) is 19.0. The largest absolute Gasteiger partial charge is 0.334 e. The molecule has 0 aliphatic rings. The molecule has 1 aromatic rings. The van der Waals surface area contributed by atoms with Crippen molar-refractivity contribution in [3.8, 4) is 5.40 Å². The monoisotopic (exact) mass is 333 g/mol. The Labute approximate surface area is 142 Å². The molecule has 0 unspecified atom stereocenters. The van der Waals surface area contributed by atoms with Crippen molar-refractivity contribution in [2.45, 2.75) is 32.6 Å². The third-order valence-corrected chi connectivity index (χ3v) is 3.53. The molecule has 1 rings (SSSR count). The molecule has 0 atom stereocenters. The molecule has 0 heterocycles. The molecule has 1 aromatic carbocycles. The first-order valence-corrected chi connectivity index (χ1v) is 8.41. The number of hydrogen-bond donors (Lipinski definition) is 1. The summed E-state index contributed by atoms with van der Waals surface area (Å²) in [4.78, 5) is 26.9. The molecule has 5 nitrogen and oxygen atoms in total. The molecule has 0 spiro atoms. The van der Waals surface area contributed by atoms with E-state index in [1.807, 2.05) is 33.1 Å². The van der Waals surface area contributed by atoms with Crippen LogP contribution >= 0.6 is 11.8 Å². The van der Waals surface area contributed by atoms with Gasteiger partial charge in [0.05, 0.1) is 0 Å². The average molecular weight is 333 g/mol. The van der Waals surface area contributed by atoms with Crippen LogP contribution in [0.15, 0.2) is 29.2 Å². The van der Waals surface area contributed by atoms with E-state index in [0.717, 1.165) is 16.7 Å². The van der Waals surface area contributed by atoms with Crippen molar-refractivity contribution in [1.82, 2.24) is 4.90 Å². The van der Waals surface area contributed by atoms with Crippen molar-refractivity contribution < 1.29 is 9.59 Å². The Balaban J connectivity index is 2.73. The van der Waals surface area contributed by atoms with Crippen molar-refractivity contribution in [2.75, 3.05) is 18.4 Å². The van der Waals surface area contributed by atoms with Crippen LogP contribution in [0.1, 0.15) is 27.7 Å². The van der Waals surface area contributed by atoms with Crippen molar-refractivity contribution in [3.63, 3.8) is 0 Å². The highest BCUT2D eigenvalue weighted by molar-refractivity contribution is 8.03. The van der Waals surface area contributed by atoms with E-state index in [0.29, 0.717) is 30.6 Å². The molecule has 23 heavy (non-hydrogen) atoms. The van der Waals surface area contributed by atoms with Gasteiger partial charge in [0, 0.05) is 23.7 Å². The van der Waals surface area contributed by atoms with Gasteiger partial charge in [-0.1, -0.05) is 27.7 Å². The fourth-order valence-corrected chi connectivity index (χ4v) is 2.49. The molecule has 0 aliphatic heterocycles. The molecule has 0 saturated heterocycles. The Morgan fingerprint density at radius 3 is 2.09 bits per heavy atom. The Morgan fingerprint density at radius 1 is 1.13 bits per heavy atom. The van der Waals surface area contributed by atoms with Crippen molar-refractivity contribution >= 4 is 29.3 Å². The van der Waals surface area contributed by atoms with Gasteiger partial charge in [-0.15, -0.1) is 0 Å². The summed E-state index contributed by atoms with van der Waals surface area (Å²) in [5.41, 5.74) is 0.541. The highest BCUT2D eigenvalue weighted by Gasteiger charge is 2.23. The highest BCUT2D eigenvalue weighted by atomic mass is 32.2. The lowest BCUT2D eigenvalue weighted by molar-refractivity contribution is -0.143. The third-order valence-electron chi connectivity index (χ3n) is 2.93. The lowest BCUT2D eigenvalue weighted by atomic mass is 10.1. The fraction of sp³-hybridized carbons (Fsp3) is 0.471. The number of carbonyl (C=O) groups is 2. The zero-order chi connectivity index (χ0) is 17.4. The van der Waals surface area contributed by atoms with Crippen molar-refractivity contribution in [3.05, 3.63) is 24.3 Å². The molecule has 124 valence electrons. The summed E-state index contributed by atoms with van der Waals surface area (Å²) in [7, 11) is 0. The number of nitrogens with zero attached hydrogens (tertiary/aromatic N) is 2. The maximum Gasteiger partial charge on any atom is 0.313 e. The highest BCUT2D eigenvalue weighted by Crippen LogP contribution is 2.19. The number of rotatable bonds is 6. The van der Waals surface area contributed by atoms with Crippen LogP contribution in [-0.4, -0.2) is 29.8 Å². The van der Waals surface area contributed by atoms with E-state index in [1.54, 1.807) is 29.2 Å². The second-order valence-electron chi connectivity index (χ2n) is 6.17. The van der Waals surface area contributed by atoms with Crippen LogP contribution in [0.4, 0.5) is 5.69 Å². The molecule has 0 saturated carbocycles. The SMILES string of the molecule is CC(C)CN(CC(C)C)C(=O)C(=O)Nc1ccc(SC#N)cc1. The molecule has 0 fully saturated rings. The van der Waals surface area contributed by atoms with Gasteiger partial charge in [0.2, 0.25) is 0 Å². The van der Waals surface area contributed by atoms with Gasteiger partial charge in [-0.25, -0.2) is 0 Å². The lowest BCUT2D eigenvalue weighted by Gasteiger charge is -2.25. The van der Waals surface area contributed by atoms with E-state index in [1.165, 1.54) is 0 Å². The Hall–Kier alpha value is -2.00. The molecule has 0 bridgehead atoms. The maximum absolute atomic E-state index is 12.4. The van der Waals surface area contributed by atoms with Gasteiger partial charge in [-0.05, 0) is 47.9 Å². The van der Waals surface area contributed by atoms with E-state index in [2.05, 4.69) is 5.32 Å². The van der Waals surface area contributed by atoms with Crippen LogP contribution < -0.4 is 5.32 Å². The minimum absolute atomic E-state index is 0.299. The van der Waals surface area contributed by atoms with Crippen LogP contribution in [0.2, 0.25) is 0 Å². The van der Waals surface area contributed by atoms with Gasteiger partial charge >= 0.3 is 11.8 Å². The summed E-state index contributed by atoms with van der Waals surface area (Å²) in [6, 6.07) is 6.82. The molecular formula is C17H23N3O2S. The second kappa shape index (κ2) is 9.21. The van der Waals surface area contributed by atoms with E-state index in [9.17, 15) is 9.59 Å². The molecule has 2 amide bonds. The summed E-state index contributed by atoms with van der Waals surface area (Å²) in [6.07, 6.45) is 0. The number of thiocyanates is 1. The van der Waals surface area contributed by atoms with Crippen LogP contribution in [-0.2, 0) is 9.59 Å². The minimum Gasteiger partial charge on any atom is -0.334 e. The van der Waals surface area contributed by atoms with Gasteiger partial charge in [0.1, 0.15) is 5.40 Å². The van der Waals surface area contributed by atoms with Gasteiger partial charge < -0.3 is 10.2 Å². The molecule has 0 radical (unpaired) electrons. The van der Waals surface area contributed by atoms with E-state index < -0.39 is 11.8 Å². The zero-order valence-corrected chi connectivity index (χ0v) is 14.8. The van der Waals surface area contributed by atoms with Gasteiger partial charge in [-0.2, -0.15) is 5.26 Å². The summed E-state index contributed by atoms with van der Waals surface area (Å²) < 4.78 is 0. The molecule has 0 aliphatic carbocycles. The van der Waals surface area contributed by atoms with E-state index >= 15 is 0 Å². The zero-order valence-electron chi connectivity index (χ0n) is 14.0. The van der Waals surface area contributed by atoms with Crippen molar-refractivity contribution in [1.29, 1.82) is 5.26 Å². The predicted octanol–water partition coefficient (Wildman–Crippen LogP) is 3.34. The van der Waals surface area contributed by atoms with E-state index in [-0.39, 0.29) is 0 Å². The van der Waals surface area contributed by atoms with Crippen LogP contribution in [0, 0.1) is 22.5 Å². The normalized spacial score (nSPS) is 10.5. The average Bonchev–Trinajstić information content (AvgIpc) is 2.47. The molecule has 1 N–H and O–H groups in total. The van der Waals surface area contributed by atoms with Gasteiger partial charge in [0.15, 0.2) is 0 Å². The Morgan fingerprint density at radius 2 is 1.65 bits per heavy atom. The summed E-state index contributed by atoms with van der Waals surface area (Å²) >= 11 is 1.05. The second-order valence-corrected chi connectivity index (χ2v) is 7.03. The molecule has 6 heteroatoms. The van der Waals surface area contributed by atoms with Crippen LogP contribution in [0.3, 0.4) is 0 Å². The van der Waals surface area contributed by atoms with Gasteiger partial charge in [-0.3, -0.25) is 9.59 Å². The standard InChI is InChI=1S/C17H23N3O2S/c1-12(2)9-20(10-13(3)4)17(22)16(21)19-14-5-7-15(8-6-14)23-11-18/h5-8,12-13H,9-10H2,1-4H3,(H,19,21). The van der Waals surface area contributed by atoms with Crippen LogP contribution in [0.25, 0.3) is 0 Å². The first-order chi connectivity index (χ1) is 10.8. The lowest BCUT2D eigenvalue weighted by Crippen LogP contribution is -2.43. The number of amides is 2. The molecule has 0 aromatic heterocycles. The maximum atomic E-state index is 12.4. The van der Waals surface area contributed by atoms with Crippen LogP contribution in [0.5, 0.6) is 0 Å². The minimum atomic E-state index is -0.632. The third kappa shape index (κ3) is 6.74. The quantitative estimate of drug-likeness (QED) is 0.492. The smallest absolute Gasteiger partial charge is 0.313 e. The number of thioether (sulfide) groups is 1. The first-order valence-electron chi connectivity index (χ1n) is 7.59. The van der Waals surface area contributed by atoms with E-state index in [4.69, 9.17) is 5.26 Å². The van der Waals surface area contributed by atoms with Gasteiger partial charge in [0.25, 0.3) is 0 Å². The summed E-state index contributed by atoms with van der Waals surface area (Å²) in [6.45, 7) is 9.19. The number of anilines is 1. The number of benzene rings is 1. The Bertz CT molecular complexity index is 566. The fourth-order valence-electron chi connectivity index (χ4n) is 2.11. The van der Waals surface area contributed by atoms with Crippen molar-refractivity contribution in [2.24, 2.45) is 11.8 Å². The summed E-state index contributed by atoms with van der Waals surface area (Å²) in [5.74, 6) is -0.546. The number of carbonyl (C=O) groups excluding carboxylic acids is 2.